The number of piperazine rings is 1. The van der Waals surface area contributed by atoms with Crippen molar-refractivity contribution in [3.63, 3.8) is 0 Å². The second kappa shape index (κ2) is 5.13. The van der Waals surface area contributed by atoms with E-state index in [1.165, 1.54) is 32.2 Å². The van der Waals surface area contributed by atoms with Gasteiger partial charge in [-0.2, -0.15) is 0 Å². The smallest absolute Gasteiger partial charge is 0.276 e. The molecule has 1 amide bonds. The molecule has 0 radical (unpaired) electrons. The van der Waals surface area contributed by atoms with E-state index in [4.69, 9.17) is 4.52 Å². The van der Waals surface area contributed by atoms with Crippen molar-refractivity contribution >= 4 is 5.91 Å². The molecule has 0 spiro atoms. The Bertz CT molecular complexity index is 537. The van der Waals surface area contributed by atoms with Crippen molar-refractivity contribution in [2.45, 2.75) is 57.0 Å². The third kappa shape index (κ3) is 2.37. The normalized spacial score (nSPS) is 29.7. The summed E-state index contributed by atoms with van der Waals surface area (Å²) in [6, 6.07) is 2.73. The van der Waals surface area contributed by atoms with Crippen molar-refractivity contribution < 1.29 is 9.32 Å². The number of nitrogens with zero attached hydrogens (tertiary/aromatic N) is 3. The highest BCUT2D eigenvalue weighted by atomic mass is 16.5. The molecule has 0 unspecified atom stereocenters. The Morgan fingerprint density at radius 1 is 1.38 bits per heavy atom. The Morgan fingerprint density at radius 2 is 2.24 bits per heavy atom. The lowest BCUT2D eigenvalue weighted by Gasteiger charge is -2.43. The maximum absolute atomic E-state index is 12.8. The van der Waals surface area contributed by atoms with E-state index in [2.05, 4.69) is 17.0 Å². The minimum atomic E-state index is 0.0593. The fraction of sp³-hybridized carbons (Fsp3) is 0.750. The number of fused-ring (bicyclic) bond motifs is 1. The molecule has 21 heavy (non-hydrogen) atoms. The summed E-state index contributed by atoms with van der Waals surface area (Å²) in [5.74, 6) is 1.46. The standard InChI is InChI=1S/C16H23N3O2/c1-2-12-9-18-7-3-4-13(18)10-19(12)16(20)14-8-15(21-17-14)11-5-6-11/h8,11-13H,2-7,9-10H2,1H3/t12-,13+/m1/s1. The predicted octanol–water partition coefficient (Wildman–Crippen LogP) is 2.25. The minimum Gasteiger partial charge on any atom is -0.360 e. The number of hydrogen-bond acceptors (Lipinski definition) is 4. The van der Waals surface area contributed by atoms with Gasteiger partial charge in [0.05, 0.1) is 0 Å². The van der Waals surface area contributed by atoms with E-state index in [1.54, 1.807) is 0 Å². The van der Waals surface area contributed by atoms with Gasteiger partial charge >= 0.3 is 0 Å². The summed E-state index contributed by atoms with van der Waals surface area (Å²) in [6.45, 7) is 5.22. The Hall–Kier alpha value is -1.36. The zero-order valence-electron chi connectivity index (χ0n) is 12.6. The van der Waals surface area contributed by atoms with Crippen molar-refractivity contribution in [1.82, 2.24) is 15.0 Å². The molecule has 1 saturated carbocycles. The monoisotopic (exact) mass is 289 g/mol. The molecule has 114 valence electrons. The molecule has 1 aliphatic carbocycles. The van der Waals surface area contributed by atoms with Crippen LogP contribution in [0.25, 0.3) is 0 Å². The zero-order chi connectivity index (χ0) is 14.4. The topological polar surface area (TPSA) is 49.6 Å². The van der Waals surface area contributed by atoms with Crippen LogP contribution in [0.3, 0.4) is 0 Å². The molecule has 0 N–H and O–H groups in total. The van der Waals surface area contributed by atoms with Crippen molar-refractivity contribution in [1.29, 1.82) is 0 Å². The maximum atomic E-state index is 12.8. The van der Waals surface area contributed by atoms with Crippen molar-refractivity contribution in [3.8, 4) is 0 Å². The van der Waals surface area contributed by atoms with Crippen LogP contribution < -0.4 is 0 Å². The first-order chi connectivity index (χ1) is 10.3. The second-order valence-corrected chi connectivity index (χ2v) is 6.70. The van der Waals surface area contributed by atoms with Gasteiger partial charge in [0.25, 0.3) is 5.91 Å². The number of amides is 1. The van der Waals surface area contributed by atoms with Gasteiger partial charge in [0, 0.05) is 37.2 Å². The lowest BCUT2D eigenvalue weighted by atomic mass is 10.0. The van der Waals surface area contributed by atoms with E-state index < -0.39 is 0 Å². The fourth-order valence-electron chi connectivity index (χ4n) is 3.78. The van der Waals surface area contributed by atoms with E-state index in [1.807, 2.05) is 11.0 Å². The molecule has 1 aromatic rings. The van der Waals surface area contributed by atoms with E-state index >= 15 is 0 Å². The Balaban J connectivity index is 1.53. The van der Waals surface area contributed by atoms with Crippen LogP contribution in [0.4, 0.5) is 0 Å². The molecule has 3 aliphatic rings. The van der Waals surface area contributed by atoms with E-state index in [0.29, 0.717) is 23.7 Å². The number of rotatable bonds is 3. The minimum absolute atomic E-state index is 0.0593. The van der Waals surface area contributed by atoms with Gasteiger partial charge in [0.1, 0.15) is 5.76 Å². The average Bonchev–Trinajstić information content (AvgIpc) is 3.07. The highest BCUT2D eigenvalue weighted by molar-refractivity contribution is 5.92. The zero-order valence-corrected chi connectivity index (χ0v) is 12.6. The molecule has 0 bridgehead atoms. The van der Waals surface area contributed by atoms with Crippen molar-refractivity contribution in [2.75, 3.05) is 19.6 Å². The Morgan fingerprint density at radius 3 is 3.00 bits per heavy atom. The predicted molar refractivity (Wildman–Crippen MR) is 78.2 cm³/mol. The molecular formula is C16H23N3O2. The molecule has 3 heterocycles. The summed E-state index contributed by atoms with van der Waals surface area (Å²) in [4.78, 5) is 17.4. The summed E-state index contributed by atoms with van der Waals surface area (Å²) >= 11 is 0. The number of hydrogen-bond donors (Lipinski definition) is 0. The lowest BCUT2D eigenvalue weighted by molar-refractivity contribution is 0.0337. The molecule has 3 fully saturated rings. The highest BCUT2D eigenvalue weighted by Crippen LogP contribution is 2.40. The summed E-state index contributed by atoms with van der Waals surface area (Å²) in [5.41, 5.74) is 0.502. The third-order valence-electron chi connectivity index (χ3n) is 5.25. The van der Waals surface area contributed by atoms with Crippen LogP contribution in [-0.4, -0.2) is 52.6 Å². The molecule has 0 aromatic carbocycles. The Labute approximate surface area is 125 Å². The quantitative estimate of drug-likeness (QED) is 0.856. The van der Waals surface area contributed by atoms with E-state index in [-0.39, 0.29) is 5.91 Å². The van der Waals surface area contributed by atoms with Crippen LogP contribution in [0, 0.1) is 0 Å². The van der Waals surface area contributed by atoms with Gasteiger partial charge in [-0.25, -0.2) is 0 Å². The number of carbonyl (C=O) groups is 1. The summed E-state index contributed by atoms with van der Waals surface area (Å²) in [6.07, 6.45) is 5.82. The molecule has 4 rings (SSSR count). The molecule has 2 saturated heterocycles. The van der Waals surface area contributed by atoms with E-state index in [9.17, 15) is 4.79 Å². The Kier molecular flexibility index (Phi) is 3.25. The first-order valence-corrected chi connectivity index (χ1v) is 8.28. The first-order valence-electron chi connectivity index (χ1n) is 8.28. The van der Waals surface area contributed by atoms with Gasteiger partial charge in [0.2, 0.25) is 0 Å². The SMILES string of the molecule is CC[C@@H]1CN2CCC[C@H]2CN1C(=O)c1cc(C2CC2)on1. The molecule has 5 heteroatoms. The maximum Gasteiger partial charge on any atom is 0.276 e. The van der Waals surface area contributed by atoms with Crippen LogP contribution >= 0.6 is 0 Å². The van der Waals surface area contributed by atoms with Crippen LogP contribution in [0.15, 0.2) is 10.6 Å². The highest BCUT2D eigenvalue weighted by Gasteiger charge is 2.39. The van der Waals surface area contributed by atoms with Crippen LogP contribution in [0.2, 0.25) is 0 Å². The van der Waals surface area contributed by atoms with Gasteiger partial charge in [-0.05, 0) is 38.6 Å². The van der Waals surface area contributed by atoms with Gasteiger partial charge in [-0.15, -0.1) is 0 Å². The van der Waals surface area contributed by atoms with Gasteiger partial charge in [-0.1, -0.05) is 12.1 Å². The summed E-state index contributed by atoms with van der Waals surface area (Å²) in [5, 5.41) is 4.03. The summed E-state index contributed by atoms with van der Waals surface area (Å²) < 4.78 is 5.35. The molecule has 5 nitrogen and oxygen atoms in total. The van der Waals surface area contributed by atoms with Gasteiger partial charge in [-0.3, -0.25) is 9.69 Å². The number of aromatic nitrogens is 1. The first kappa shape index (κ1) is 13.3. The molecular weight excluding hydrogens is 266 g/mol. The molecule has 2 atom stereocenters. The van der Waals surface area contributed by atoms with Crippen molar-refractivity contribution in [2.24, 2.45) is 0 Å². The van der Waals surface area contributed by atoms with Gasteiger partial charge in [0.15, 0.2) is 5.69 Å². The van der Waals surface area contributed by atoms with Gasteiger partial charge < -0.3 is 9.42 Å². The third-order valence-corrected chi connectivity index (χ3v) is 5.25. The van der Waals surface area contributed by atoms with E-state index in [0.717, 1.165) is 25.3 Å². The summed E-state index contributed by atoms with van der Waals surface area (Å²) in [7, 11) is 0. The van der Waals surface area contributed by atoms with Crippen LogP contribution in [-0.2, 0) is 0 Å². The van der Waals surface area contributed by atoms with Crippen LogP contribution in [0.5, 0.6) is 0 Å². The van der Waals surface area contributed by atoms with Crippen molar-refractivity contribution in [3.05, 3.63) is 17.5 Å². The second-order valence-electron chi connectivity index (χ2n) is 6.70. The van der Waals surface area contributed by atoms with Crippen LogP contribution in [0.1, 0.15) is 61.2 Å². The molecule has 1 aromatic heterocycles. The molecule has 2 aliphatic heterocycles. The fourth-order valence-corrected chi connectivity index (χ4v) is 3.78. The number of carbonyl (C=O) groups excluding carboxylic acids is 1. The average molecular weight is 289 g/mol. The lowest BCUT2D eigenvalue weighted by Crippen LogP contribution is -2.57. The largest absolute Gasteiger partial charge is 0.360 e.